The van der Waals surface area contributed by atoms with Gasteiger partial charge in [0.25, 0.3) is 10.1 Å². The Hall–Kier alpha value is -0.210. The first-order chi connectivity index (χ1) is 6.47. The monoisotopic (exact) mass is 224 g/mol. The van der Waals surface area contributed by atoms with Gasteiger partial charge in [-0.15, -0.1) is 0 Å². The Bertz CT molecular complexity index is 312. The molecule has 0 saturated carbocycles. The van der Waals surface area contributed by atoms with Gasteiger partial charge in [0.15, 0.2) is 0 Å². The van der Waals surface area contributed by atoms with Gasteiger partial charge < -0.3 is 14.6 Å². The van der Waals surface area contributed by atoms with E-state index in [4.69, 9.17) is 13.7 Å². The lowest BCUT2D eigenvalue weighted by molar-refractivity contribution is 0.00994. The molecule has 0 radical (unpaired) electrons. The summed E-state index contributed by atoms with van der Waals surface area (Å²) in [6, 6.07) is 0. The molecule has 2 rings (SSSR count). The predicted molar refractivity (Wildman–Crippen MR) is 45.2 cm³/mol. The fourth-order valence-corrected chi connectivity index (χ4v) is 2.37. The van der Waals surface area contributed by atoms with Crippen LogP contribution >= 0.6 is 0 Å². The van der Waals surface area contributed by atoms with Crippen LogP contribution in [0.1, 0.15) is 0 Å². The smallest absolute Gasteiger partial charge is 0.264 e. The second-order valence-electron chi connectivity index (χ2n) is 3.50. The molecule has 0 spiro atoms. The van der Waals surface area contributed by atoms with Gasteiger partial charge >= 0.3 is 0 Å². The highest BCUT2D eigenvalue weighted by molar-refractivity contribution is 7.86. The van der Waals surface area contributed by atoms with E-state index in [1.54, 1.807) is 0 Å². The Morgan fingerprint density at radius 3 is 2.57 bits per heavy atom. The topological polar surface area (TPSA) is 82.1 Å². The molecule has 2 aliphatic rings. The van der Waals surface area contributed by atoms with Crippen molar-refractivity contribution in [3.63, 3.8) is 0 Å². The summed E-state index contributed by atoms with van der Waals surface area (Å²) in [6.45, 7) is 0.304. The fraction of sp³-hybridized carbons (Fsp3) is 1.00. The van der Waals surface area contributed by atoms with Gasteiger partial charge in [-0.05, 0) is 0 Å². The van der Waals surface area contributed by atoms with E-state index >= 15 is 0 Å². The fourth-order valence-electron chi connectivity index (χ4n) is 1.75. The molecule has 2 aliphatic heterocycles. The zero-order chi connectivity index (χ0) is 10.3. The maximum Gasteiger partial charge on any atom is 0.264 e. The molecular formula is C7H12O6S. The average molecular weight is 224 g/mol. The van der Waals surface area contributed by atoms with Gasteiger partial charge in [0.2, 0.25) is 0 Å². The Labute approximate surface area is 81.9 Å². The van der Waals surface area contributed by atoms with Crippen LogP contribution in [0.15, 0.2) is 0 Å². The van der Waals surface area contributed by atoms with E-state index in [-0.39, 0.29) is 13.2 Å². The molecule has 14 heavy (non-hydrogen) atoms. The van der Waals surface area contributed by atoms with Crippen LogP contribution < -0.4 is 0 Å². The Morgan fingerprint density at radius 2 is 1.93 bits per heavy atom. The van der Waals surface area contributed by atoms with E-state index in [2.05, 4.69) is 0 Å². The summed E-state index contributed by atoms with van der Waals surface area (Å²) < 4.78 is 36.9. The van der Waals surface area contributed by atoms with Crippen molar-refractivity contribution in [1.29, 1.82) is 0 Å². The van der Waals surface area contributed by atoms with E-state index < -0.39 is 34.5 Å². The molecular weight excluding hydrogens is 212 g/mol. The van der Waals surface area contributed by atoms with E-state index in [9.17, 15) is 13.5 Å². The van der Waals surface area contributed by atoms with Gasteiger partial charge in [-0.25, -0.2) is 0 Å². The van der Waals surface area contributed by atoms with Crippen LogP contribution in [0.5, 0.6) is 0 Å². The molecule has 2 heterocycles. The third-order valence-electron chi connectivity index (χ3n) is 2.28. The zero-order valence-electron chi connectivity index (χ0n) is 7.62. The molecule has 82 valence electrons. The van der Waals surface area contributed by atoms with Crippen LogP contribution in [0, 0.1) is 0 Å². The van der Waals surface area contributed by atoms with Crippen LogP contribution in [-0.4, -0.2) is 57.4 Å². The Balaban J connectivity index is 2.04. The number of aliphatic hydroxyl groups is 1. The quantitative estimate of drug-likeness (QED) is 0.574. The van der Waals surface area contributed by atoms with Gasteiger partial charge in [0.1, 0.15) is 24.4 Å². The molecule has 0 unspecified atom stereocenters. The molecule has 0 bridgehead atoms. The number of rotatable bonds is 2. The van der Waals surface area contributed by atoms with Crippen LogP contribution in [0.2, 0.25) is 0 Å². The minimum atomic E-state index is -3.51. The zero-order valence-corrected chi connectivity index (χ0v) is 8.44. The number of ether oxygens (including phenoxy) is 2. The lowest BCUT2D eigenvalue weighted by Gasteiger charge is -2.14. The van der Waals surface area contributed by atoms with Crippen molar-refractivity contribution in [2.24, 2.45) is 0 Å². The normalized spacial score (nSPS) is 42.7. The van der Waals surface area contributed by atoms with Crippen molar-refractivity contribution < 1.29 is 27.2 Å². The highest BCUT2D eigenvalue weighted by Gasteiger charge is 2.48. The number of hydrogen-bond acceptors (Lipinski definition) is 6. The van der Waals surface area contributed by atoms with Gasteiger partial charge in [-0.1, -0.05) is 0 Å². The van der Waals surface area contributed by atoms with E-state index in [0.717, 1.165) is 6.26 Å². The first-order valence-corrected chi connectivity index (χ1v) is 6.08. The van der Waals surface area contributed by atoms with Crippen LogP contribution in [0.25, 0.3) is 0 Å². The first kappa shape index (κ1) is 10.3. The van der Waals surface area contributed by atoms with Crippen molar-refractivity contribution in [1.82, 2.24) is 0 Å². The standard InChI is InChI=1S/C7H12O6S/c1-14(9,10)13-5-3-12-6-4(8)2-11-7(5)6/h4-8H,2-3H2,1H3/t4-,5+,6+,7+/m0/s1. The van der Waals surface area contributed by atoms with Gasteiger partial charge in [-0.2, -0.15) is 8.42 Å². The summed E-state index contributed by atoms with van der Waals surface area (Å²) in [5.41, 5.74) is 0. The van der Waals surface area contributed by atoms with Crippen LogP contribution in [0.3, 0.4) is 0 Å². The summed E-state index contributed by atoms with van der Waals surface area (Å²) in [5.74, 6) is 0. The van der Waals surface area contributed by atoms with E-state index in [1.807, 2.05) is 0 Å². The van der Waals surface area contributed by atoms with Crippen molar-refractivity contribution in [2.45, 2.75) is 24.4 Å². The minimum Gasteiger partial charge on any atom is -0.388 e. The predicted octanol–water partition coefficient (Wildman–Crippen LogP) is -1.51. The summed E-state index contributed by atoms with van der Waals surface area (Å²) in [4.78, 5) is 0. The molecule has 2 fully saturated rings. The first-order valence-electron chi connectivity index (χ1n) is 4.27. The third-order valence-corrected chi connectivity index (χ3v) is 2.88. The number of hydrogen-bond donors (Lipinski definition) is 1. The largest absolute Gasteiger partial charge is 0.388 e. The van der Waals surface area contributed by atoms with Crippen molar-refractivity contribution in [3.8, 4) is 0 Å². The minimum absolute atomic E-state index is 0.138. The van der Waals surface area contributed by atoms with Crippen molar-refractivity contribution in [2.75, 3.05) is 19.5 Å². The molecule has 7 heteroatoms. The number of aliphatic hydroxyl groups excluding tert-OH is 1. The highest BCUT2D eigenvalue weighted by Crippen LogP contribution is 2.29. The van der Waals surface area contributed by atoms with Gasteiger partial charge in [0.05, 0.1) is 19.5 Å². The summed E-state index contributed by atoms with van der Waals surface area (Å²) in [6.07, 6.45) is -1.27. The Kier molecular flexibility index (Phi) is 2.52. The molecule has 0 aliphatic carbocycles. The number of fused-ring (bicyclic) bond motifs is 1. The van der Waals surface area contributed by atoms with Gasteiger partial charge in [-0.3, -0.25) is 4.18 Å². The molecule has 4 atom stereocenters. The molecule has 1 N–H and O–H groups in total. The summed E-state index contributed by atoms with van der Waals surface area (Å²) in [5, 5.41) is 9.36. The lowest BCUT2D eigenvalue weighted by atomic mass is 10.1. The Morgan fingerprint density at radius 1 is 1.29 bits per heavy atom. The maximum absolute atomic E-state index is 10.9. The summed E-state index contributed by atoms with van der Waals surface area (Å²) in [7, 11) is -3.51. The van der Waals surface area contributed by atoms with E-state index in [1.165, 1.54) is 0 Å². The van der Waals surface area contributed by atoms with Crippen molar-refractivity contribution in [3.05, 3.63) is 0 Å². The second-order valence-corrected chi connectivity index (χ2v) is 5.10. The van der Waals surface area contributed by atoms with Gasteiger partial charge in [0, 0.05) is 0 Å². The molecule has 0 aromatic rings. The second kappa shape index (κ2) is 3.42. The molecule has 0 aromatic heterocycles. The maximum atomic E-state index is 10.9. The summed E-state index contributed by atoms with van der Waals surface area (Å²) >= 11 is 0. The van der Waals surface area contributed by atoms with Crippen LogP contribution in [-0.2, 0) is 23.8 Å². The third kappa shape index (κ3) is 1.91. The molecule has 0 amide bonds. The lowest BCUT2D eigenvalue weighted by Crippen LogP contribution is -2.33. The van der Waals surface area contributed by atoms with E-state index in [0.29, 0.717) is 0 Å². The van der Waals surface area contributed by atoms with Crippen LogP contribution in [0.4, 0.5) is 0 Å². The molecule has 6 nitrogen and oxygen atoms in total. The van der Waals surface area contributed by atoms with Crippen molar-refractivity contribution >= 4 is 10.1 Å². The SMILES string of the molecule is CS(=O)(=O)O[C@@H]1CO[C@H]2[C@@H]1OC[C@@H]2O. The molecule has 2 saturated heterocycles. The molecule has 0 aromatic carbocycles. The highest BCUT2D eigenvalue weighted by atomic mass is 32.2. The average Bonchev–Trinajstić information content (AvgIpc) is 2.55.